The van der Waals surface area contributed by atoms with Crippen molar-refractivity contribution in [1.82, 2.24) is 5.32 Å². The van der Waals surface area contributed by atoms with Gasteiger partial charge in [-0.2, -0.15) is 0 Å². The van der Waals surface area contributed by atoms with Crippen LogP contribution in [-0.4, -0.2) is 36.2 Å². The summed E-state index contributed by atoms with van der Waals surface area (Å²) in [6.07, 6.45) is 0.674. The Morgan fingerprint density at radius 2 is 1.94 bits per heavy atom. The van der Waals surface area contributed by atoms with E-state index in [1.807, 2.05) is 20.8 Å². The van der Waals surface area contributed by atoms with Gasteiger partial charge in [-0.3, -0.25) is 9.59 Å². The van der Waals surface area contributed by atoms with Gasteiger partial charge >= 0.3 is 11.9 Å². The summed E-state index contributed by atoms with van der Waals surface area (Å²) in [7, 11) is 0. The summed E-state index contributed by atoms with van der Waals surface area (Å²) in [5.41, 5.74) is -0.450. The molecular weight excluding hydrogens is 234 g/mol. The van der Waals surface area contributed by atoms with Crippen LogP contribution in [0.1, 0.15) is 34.1 Å². The zero-order chi connectivity index (χ0) is 13.5. The molecule has 0 radical (unpaired) electrons. The van der Waals surface area contributed by atoms with Crippen LogP contribution in [0.4, 0.5) is 0 Å². The molecule has 0 aromatic heterocycles. The second-order valence-electron chi connectivity index (χ2n) is 5.96. The summed E-state index contributed by atoms with van der Waals surface area (Å²) in [6, 6.07) is -0.159. The van der Waals surface area contributed by atoms with Crippen LogP contribution in [0.3, 0.4) is 0 Å². The maximum atomic E-state index is 11.9. The van der Waals surface area contributed by atoms with Crippen LogP contribution >= 0.6 is 0 Å². The number of nitrogens with one attached hydrogen (secondary N) is 1. The fourth-order valence-electron chi connectivity index (χ4n) is 2.57. The molecule has 0 spiro atoms. The highest BCUT2D eigenvalue weighted by atomic mass is 16.6. The first-order chi connectivity index (χ1) is 8.33. The van der Waals surface area contributed by atoms with Crippen molar-refractivity contribution in [3.8, 4) is 0 Å². The second-order valence-corrected chi connectivity index (χ2v) is 5.96. The lowest BCUT2D eigenvalue weighted by molar-refractivity contribution is -0.158. The summed E-state index contributed by atoms with van der Waals surface area (Å²) in [5.74, 6) is -0.232. The summed E-state index contributed by atoms with van der Waals surface area (Å²) in [6.45, 7) is 7.76. The van der Waals surface area contributed by atoms with Gasteiger partial charge in [-0.1, -0.05) is 0 Å². The van der Waals surface area contributed by atoms with Gasteiger partial charge in [-0.05, 0) is 40.0 Å². The topological polar surface area (TPSA) is 64.6 Å². The molecule has 1 heterocycles. The highest BCUT2D eigenvalue weighted by Gasteiger charge is 2.62. The van der Waals surface area contributed by atoms with E-state index in [0.717, 1.165) is 0 Å². The second kappa shape index (κ2) is 4.53. The molecular formula is C13H21NO4. The van der Waals surface area contributed by atoms with E-state index in [4.69, 9.17) is 9.47 Å². The van der Waals surface area contributed by atoms with Gasteiger partial charge in [0.15, 0.2) is 0 Å². The van der Waals surface area contributed by atoms with E-state index < -0.39 is 5.60 Å². The molecule has 0 bridgehead atoms. The summed E-state index contributed by atoms with van der Waals surface area (Å²) >= 11 is 0. The Balaban J connectivity index is 1.81. The van der Waals surface area contributed by atoms with Gasteiger partial charge in [0.25, 0.3) is 0 Å². The molecule has 0 amide bonds. The molecule has 0 aromatic carbocycles. The lowest BCUT2D eigenvalue weighted by atomic mass is 10.1. The molecule has 5 nitrogen and oxygen atoms in total. The van der Waals surface area contributed by atoms with Crippen LogP contribution in [0.5, 0.6) is 0 Å². The largest absolute Gasteiger partial charge is 0.465 e. The number of esters is 2. The van der Waals surface area contributed by atoms with Crippen LogP contribution < -0.4 is 5.32 Å². The van der Waals surface area contributed by atoms with E-state index in [2.05, 4.69) is 5.32 Å². The first-order valence-electron chi connectivity index (χ1n) is 6.49. The number of carbonyl (C=O) groups excluding carboxylic acids is 2. The van der Waals surface area contributed by atoms with E-state index in [9.17, 15) is 9.59 Å². The fraction of sp³-hybridized carbons (Fsp3) is 0.846. The van der Waals surface area contributed by atoms with Crippen molar-refractivity contribution >= 4 is 11.9 Å². The maximum Gasteiger partial charge on any atom is 0.323 e. The number of hydrogen-bond donors (Lipinski definition) is 1. The minimum atomic E-state index is -0.450. The predicted octanol–water partition coefficient (Wildman–Crippen LogP) is 0.868. The van der Waals surface area contributed by atoms with E-state index in [-0.39, 0.29) is 35.9 Å². The SMILES string of the molecule is CCOC(=O)[C@@H]1CC2C(N1)C2C(=O)OC(C)(C)C. The lowest BCUT2D eigenvalue weighted by Gasteiger charge is -2.21. The first-order valence-corrected chi connectivity index (χ1v) is 6.49. The minimum Gasteiger partial charge on any atom is -0.465 e. The molecule has 1 aliphatic heterocycles. The van der Waals surface area contributed by atoms with Crippen molar-refractivity contribution < 1.29 is 19.1 Å². The molecule has 1 saturated carbocycles. The van der Waals surface area contributed by atoms with Gasteiger partial charge < -0.3 is 14.8 Å². The molecule has 18 heavy (non-hydrogen) atoms. The summed E-state index contributed by atoms with van der Waals surface area (Å²) in [4.78, 5) is 23.4. The van der Waals surface area contributed by atoms with E-state index in [0.29, 0.717) is 13.0 Å². The predicted molar refractivity (Wildman–Crippen MR) is 64.8 cm³/mol. The van der Waals surface area contributed by atoms with Crippen molar-refractivity contribution in [2.24, 2.45) is 11.8 Å². The highest BCUT2D eigenvalue weighted by Crippen LogP contribution is 2.48. The molecule has 2 fully saturated rings. The smallest absolute Gasteiger partial charge is 0.323 e. The van der Waals surface area contributed by atoms with Gasteiger partial charge in [0.2, 0.25) is 0 Å². The number of fused-ring (bicyclic) bond motifs is 1. The Morgan fingerprint density at radius 3 is 2.39 bits per heavy atom. The Labute approximate surface area is 107 Å². The third-order valence-corrected chi connectivity index (χ3v) is 3.32. The monoisotopic (exact) mass is 255 g/mol. The van der Waals surface area contributed by atoms with E-state index in [1.54, 1.807) is 6.92 Å². The summed E-state index contributed by atoms with van der Waals surface area (Å²) < 4.78 is 10.3. The van der Waals surface area contributed by atoms with Crippen molar-refractivity contribution in [2.75, 3.05) is 6.61 Å². The quantitative estimate of drug-likeness (QED) is 0.758. The zero-order valence-corrected chi connectivity index (χ0v) is 11.4. The van der Waals surface area contributed by atoms with Gasteiger partial charge in [-0.15, -0.1) is 0 Å². The highest BCUT2D eigenvalue weighted by molar-refractivity contribution is 5.81. The first kappa shape index (κ1) is 13.3. The van der Waals surface area contributed by atoms with Crippen molar-refractivity contribution in [1.29, 1.82) is 0 Å². The molecule has 102 valence electrons. The molecule has 1 N–H and O–H groups in total. The average Bonchev–Trinajstić information content (AvgIpc) is 2.72. The summed E-state index contributed by atoms with van der Waals surface area (Å²) in [5, 5.41) is 3.15. The fourth-order valence-corrected chi connectivity index (χ4v) is 2.57. The van der Waals surface area contributed by atoms with Gasteiger partial charge in [0.1, 0.15) is 11.6 Å². The number of hydrogen-bond acceptors (Lipinski definition) is 5. The van der Waals surface area contributed by atoms with Gasteiger partial charge in [0.05, 0.1) is 12.5 Å². The molecule has 1 saturated heterocycles. The third-order valence-electron chi connectivity index (χ3n) is 3.32. The average molecular weight is 255 g/mol. The van der Waals surface area contributed by atoms with E-state index in [1.165, 1.54) is 0 Å². The normalized spacial score (nSPS) is 33.8. The molecule has 3 unspecified atom stereocenters. The number of rotatable bonds is 3. The molecule has 1 aliphatic carbocycles. The Kier molecular flexibility index (Phi) is 3.36. The molecule has 0 aromatic rings. The van der Waals surface area contributed by atoms with Crippen molar-refractivity contribution in [3.05, 3.63) is 0 Å². The molecule has 2 rings (SSSR count). The zero-order valence-electron chi connectivity index (χ0n) is 11.4. The third kappa shape index (κ3) is 2.66. The molecule has 4 atom stereocenters. The maximum absolute atomic E-state index is 11.9. The molecule has 2 aliphatic rings. The number of carbonyl (C=O) groups is 2. The number of ether oxygens (including phenoxy) is 2. The van der Waals surface area contributed by atoms with Crippen LogP contribution in [0.25, 0.3) is 0 Å². The Morgan fingerprint density at radius 1 is 1.28 bits per heavy atom. The Bertz CT molecular complexity index is 348. The minimum absolute atomic E-state index is 0.0881. The molecule has 5 heteroatoms. The number of piperidine rings is 1. The van der Waals surface area contributed by atoms with E-state index >= 15 is 0 Å². The Hall–Kier alpha value is -1.10. The van der Waals surface area contributed by atoms with Gasteiger partial charge in [-0.25, -0.2) is 0 Å². The van der Waals surface area contributed by atoms with Crippen LogP contribution in [0.15, 0.2) is 0 Å². The van der Waals surface area contributed by atoms with Gasteiger partial charge in [0, 0.05) is 6.04 Å². The van der Waals surface area contributed by atoms with Crippen molar-refractivity contribution in [2.45, 2.75) is 51.8 Å². The van der Waals surface area contributed by atoms with Crippen molar-refractivity contribution in [3.63, 3.8) is 0 Å². The lowest BCUT2D eigenvalue weighted by Crippen LogP contribution is -2.38. The van der Waals surface area contributed by atoms with Crippen LogP contribution in [0.2, 0.25) is 0 Å². The van der Waals surface area contributed by atoms with Crippen LogP contribution in [-0.2, 0) is 19.1 Å². The van der Waals surface area contributed by atoms with Crippen LogP contribution in [0, 0.1) is 11.8 Å². The standard InChI is InChI=1S/C13H21NO4/c1-5-17-11(15)8-6-7-9(10(7)14-8)12(16)18-13(2,3)4/h7-10,14H,5-6H2,1-4H3/t7?,8-,9?,10?/m0/s1.